The van der Waals surface area contributed by atoms with Gasteiger partial charge in [-0.3, -0.25) is 4.79 Å². The molecule has 0 aromatic heterocycles. The summed E-state index contributed by atoms with van der Waals surface area (Å²) >= 11 is 0. The first-order chi connectivity index (χ1) is 8.43. The molecule has 0 saturated heterocycles. The lowest BCUT2D eigenvalue weighted by Crippen LogP contribution is -2.31. The number of nitrogens with one attached hydrogen (secondary N) is 1. The minimum atomic E-state index is -0.883. The highest BCUT2D eigenvalue weighted by molar-refractivity contribution is 5.67. The number of anilines is 1. The van der Waals surface area contributed by atoms with Crippen LogP contribution in [-0.4, -0.2) is 30.8 Å². The summed E-state index contributed by atoms with van der Waals surface area (Å²) in [6.07, 6.45) is -0.0406. The van der Waals surface area contributed by atoms with Gasteiger partial charge in [0, 0.05) is 18.3 Å². The first-order valence-electron chi connectivity index (χ1n) is 5.80. The van der Waals surface area contributed by atoms with Crippen LogP contribution in [0, 0.1) is 13.8 Å². The summed E-state index contributed by atoms with van der Waals surface area (Å²) in [6, 6.07) is 3.52. The Morgan fingerprint density at radius 1 is 1.44 bits per heavy atom. The Morgan fingerprint density at radius 2 is 2.00 bits per heavy atom. The number of hydrogen-bond donors (Lipinski definition) is 3. The number of benzene rings is 1. The van der Waals surface area contributed by atoms with Crippen molar-refractivity contribution in [2.24, 2.45) is 5.73 Å². The molecule has 0 spiro atoms. The molecule has 1 unspecified atom stereocenters. The highest BCUT2D eigenvalue weighted by Crippen LogP contribution is 2.26. The number of nitrogens with two attached hydrogens (primary N) is 1. The van der Waals surface area contributed by atoms with Crippen LogP contribution in [0.1, 0.15) is 17.5 Å². The van der Waals surface area contributed by atoms with Crippen LogP contribution < -0.4 is 15.8 Å². The molecule has 1 aromatic rings. The summed E-state index contributed by atoms with van der Waals surface area (Å²) in [5.41, 5.74) is 8.68. The smallest absolute Gasteiger partial charge is 0.304 e. The van der Waals surface area contributed by atoms with Crippen molar-refractivity contribution < 1.29 is 14.6 Å². The number of aliphatic carboxylic acids is 1. The molecular weight excluding hydrogens is 232 g/mol. The van der Waals surface area contributed by atoms with E-state index < -0.39 is 12.0 Å². The Kier molecular flexibility index (Phi) is 4.97. The van der Waals surface area contributed by atoms with Crippen LogP contribution in [0.5, 0.6) is 5.75 Å². The van der Waals surface area contributed by atoms with Gasteiger partial charge in [0.25, 0.3) is 0 Å². The average Bonchev–Trinajstić information content (AvgIpc) is 2.25. The van der Waals surface area contributed by atoms with Crippen molar-refractivity contribution in [1.82, 2.24) is 0 Å². The van der Waals surface area contributed by atoms with Crippen molar-refractivity contribution in [2.75, 3.05) is 19.0 Å². The lowest BCUT2D eigenvalue weighted by molar-refractivity contribution is -0.137. The van der Waals surface area contributed by atoms with Gasteiger partial charge in [-0.1, -0.05) is 0 Å². The third kappa shape index (κ3) is 3.92. The molecule has 100 valence electrons. The molecule has 5 nitrogen and oxygen atoms in total. The van der Waals surface area contributed by atoms with Crippen molar-refractivity contribution in [1.29, 1.82) is 0 Å². The van der Waals surface area contributed by atoms with Crippen LogP contribution in [0.25, 0.3) is 0 Å². The average molecular weight is 252 g/mol. The second-order valence-corrected chi connectivity index (χ2v) is 4.38. The number of methoxy groups -OCH3 is 1. The SMILES string of the molecule is COc1c(C)cc(NCC(N)CC(=O)O)cc1C. The summed E-state index contributed by atoms with van der Waals surface area (Å²) < 4.78 is 5.28. The van der Waals surface area contributed by atoms with Crippen LogP contribution in [-0.2, 0) is 4.79 Å². The van der Waals surface area contributed by atoms with Crippen LogP contribution in [0.3, 0.4) is 0 Å². The highest BCUT2D eigenvalue weighted by Gasteiger charge is 2.09. The summed E-state index contributed by atoms with van der Waals surface area (Å²) in [7, 11) is 1.64. The van der Waals surface area contributed by atoms with Crippen molar-refractivity contribution >= 4 is 11.7 Å². The summed E-state index contributed by atoms with van der Waals surface area (Å²) in [6.45, 7) is 4.36. The lowest BCUT2D eigenvalue weighted by Gasteiger charge is -2.15. The number of rotatable bonds is 6. The van der Waals surface area contributed by atoms with Crippen molar-refractivity contribution in [3.8, 4) is 5.75 Å². The van der Waals surface area contributed by atoms with Gasteiger partial charge in [0.1, 0.15) is 5.75 Å². The molecule has 0 amide bonds. The van der Waals surface area contributed by atoms with E-state index in [1.54, 1.807) is 7.11 Å². The predicted molar refractivity (Wildman–Crippen MR) is 71.2 cm³/mol. The van der Waals surface area contributed by atoms with E-state index in [1.807, 2.05) is 26.0 Å². The minimum absolute atomic E-state index is 0.0406. The van der Waals surface area contributed by atoms with Gasteiger partial charge in [-0.15, -0.1) is 0 Å². The number of aryl methyl sites for hydroxylation is 2. The van der Waals surface area contributed by atoms with Gasteiger partial charge in [0.2, 0.25) is 0 Å². The highest BCUT2D eigenvalue weighted by atomic mass is 16.5. The monoisotopic (exact) mass is 252 g/mol. The quantitative estimate of drug-likeness (QED) is 0.715. The van der Waals surface area contributed by atoms with E-state index in [2.05, 4.69) is 5.32 Å². The van der Waals surface area contributed by atoms with E-state index in [9.17, 15) is 4.79 Å². The van der Waals surface area contributed by atoms with Crippen molar-refractivity contribution in [2.45, 2.75) is 26.3 Å². The maximum absolute atomic E-state index is 10.5. The summed E-state index contributed by atoms with van der Waals surface area (Å²) in [5.74, 6) is -0.0122. The summed E-state index contributed by atoms with van der Waals surface area (Å²) in [4.78, 5) is 10.5. The third-order valence-corrected chi connectivity index (χ3v) is 2.67. The van der Waals surface area contributed by atoms with Crippen molar-refractivity contribution in [3.05, 3.63) is 23.3 Å². The van der Waals surface area contributed by atoms with E-state index in [1.165, 1.54) is 0 Å². The molecule has 0 bridgehead atoms. The van der Waals surface area contributed by atoms with E-state index >= 15 is 0 Å². The number of ether oxygens (including phenoxy) is 1. The number of hydrogen-bond acceptors (Lipinski definition) is 4. The van der Waals surface area contributed by atoms with Gasteiger partial charge < -0.3 is 20.9 Å². The second kappa shape index (κ2) is 6.26. The molecule has 4 N–H and O–H groups in total. The Labute approximate surface area is 107 Å². The Bertz CT molecular complexity index is 409. The fourth-order valence-electron chi connectivity index (χ4n) is 1.92. The molecule has 0 fully saturated rings. The Morgan fingerprint density at radius 3 is 2.44 bits per heavy atom. The zero-order valence-electron chi connectivity index (χ0n) is 11.0. The van der Waals surface area contributed by atoms with Gasteiger partial charge in [-0.05, 0) is 37.1 Å². The fraction of sp³-hybridized carbons (Fsp3) is 0.462. The molecule has 0 aliphatic carbocycles. The zero-order chi connectivity index (χ0) is 13.7. The van der Waals surface area contributed by atoms with E-state index in [0.717, 1.165) is 22.6 Å². The van der Waals surface area contributed by atoms with E-state index in [4.69, 9.17) is 15.6 Å². The molecule has 1 rings (SSSR count). The molecule has 0 radical (unpaired) electrons. The van der Waals surface area contributed by atoms with E-state index in [-0.39, 0.29) is 6.42 Å². The van der Waals surface area contributed by atoms with Crippen molar-refractivity contribution in [3.63, 3.8) is 0 Å². The van der Waals surface area contributed by atoms with Crippen LogP contribution >= 0.6 is 0 Å². The van der Waals surface area contributed by atoms with Crippen LogP contribution in [0.2, 0.25) is 0 Å². The van der Waals surface area contributed by atoms with Gasteiger partial charge >= 0.3 is 5.97 Å². The Balaban J connectivity index is 2.66. The van der Waals surface area contributed by atoms with Gasteiger partial charge in [0.05, 0.1) is 13.5 Å². The first-order valence-corrected chi connectivity index (χ1v) is 5.80. The molecule has 5 heteroatoms. The topological polar surface area (TPSA) is 84.6 Å². The van der Waals surface area contributed by atoms with Gasteiger partial charge in [-0.2, -0.15) is 0 Å². The standard InChI is InChI=1S/C13H20N2O3/c1-8-4-11(5-9(2)13(8)18-3)15-7-10(14)6-12(16)17/h4-5,10,15H,6-7,14H2,1-3H3,(H,16,17). The zero-order valence-corrected chi connectivity index (χ0v) is 11.0. The largest absolute Gasteiger partial charge is 0.496 e. The summed E-state index contributed by atoms with van der Waals surface area (Å²) in [5, 5.41) is 11.8. The molecule has 18 heavy (non-hydrogen) atoms. The maximum Gasteiger partial charge on any atom is 0.304 e. The van der Waals surface area contributed by atoms with Crippen LogP contribution in [0.15, 0.2) is 12.1 Å². The molecule has 0 aliphatic heterocycles. The fourth-order valence-corrected chi connectivity index (χ4v) is 1.92. The molecule has 1 atom stereocenters. The lowest BCUT2D eigenvalue weighted by atomic mass is 10.1. The molecule has 0 aliphatic rings. The first kappa shape index (κ1) is 14.3. The van der Waals surface area contributed by atoms with Gasteiger partial charge in [-0.25, -0.2) is 0 Å². The predicted octanol–water partition coefficient (Wildman–Crippen LogP) is 1.53. The second-order valence-electron chi connectivity index (χ2n) is 4.38. The maximum atomic E-state index is 10.5. The Hall–Kier alpha value is -1.75. The number of carboxylic acid groups (broad SMARTS) is 1. The normalized spacial score (nSPS) is 12.0. The third-order valence-electron chi connectivity index (χ3n) is 2.67. The number of carbonyl (C=O) groups is 1. The van der Waals surface area contributed by atoms with E-state index in [0.29, 0.717) is 6.54 Å². The molecule has 0 saturated carbocycles. The number of carboxylic acids is 1. The molecule has 1 aromatic carbocycles. The van der Waals surface area contributed by atoms with Crippen LogP contribution in [0.4, 0.5) is 5.69 Å². The molecule has 0 heterocycles. The molecular formula is C13H20N2O3. The van der Waals surface area contributed by atoms with Gasteiger partial charge in [0.15, 0.2) is 0 Å². The minimum Gasteiger partial charge on any atom is -0.496 e.